The quantitative estimate of drug-likeness (QED) is 0.473. The first-order valence-corrected chi connectivity index (χ1v) is 11.6. The van der Waals surface area contributed by atoms with Crippen molar-refractivity contribution in [3.63, 3.8) is 0 Å². The van der Waals surface area contributed by atoms with Gasteiger partial charge in [-0.05, 0) is 49.5 Å². The van der Waals surface area contributed by atoms with Gasteiger partial charge in [0, 0.05) is 35.6 Å². The highest BCUT2D eigenvalue weighted by molar-refractivity contribution is 7.16. The van der Waals surface area contributed by atoms with Crippen LogP contribution in [-0.4, -0.2) is 27.1 Å². The Morgan fingerprint density at radius 3 is 2.77 bits per heavy atom. The smallest absolute Gasteiger partial charge is 0.246 e. The van der Waals surface area contributed by atoms with E-state index < -0.39 is 0 Å². The molecule has 6 heteroatoms. The summed E-state index contributed by atoms with van der Waals surface area (Å²) in [7, 11) is 0. The number of thiophene rings is 1. The molecule has 2 aliphatic rings. The maximum Gasteiger partial charge on any atom is 0.246 e. The van der Waals surface area contributed by atoms with Crippen LogP contribution in [0.1, 0.15) is 41.8 Å². The summed E-state index contributed by atoms with van der Waals surface area (Å²) >= 11 is 7.47. The molecule has 0 saturated heterocycles. The molecule has 1 fully saturated rings. The van der Waals surface area contributed by atoms with Gasteiger partial charge in [0.05, 0.1) is 16.6 Å². The molecule has 5 rings (SSSR count). The molecule has 156 valence electrons. The second kappa shape index (κ2) is 9.19. The summed E-state index contributed by atoms with van der Waals surface area (Å²) in [5.41, 5.74) is 5.20. The number of rotatable bonds is 4. The van der Waals surface area contributed by atoms with Crippen molar-refractivity contribution in [3.05, 3.63) is 75.7 Å². The van der Waals surface area contributed by atoms with Crippen LogP contribution in [0.25, 0.3) is 11.1 Å². The fourth-order valence-electron chi connectivity index (χ4n) is 3.70. The highest BCUT2D eigenvalue weighted by atomic mass is 35.5. The lowest BCUT2D eigenvalue weighted by Crippen LogP contribution is -2.33. The van der Waals surface area contributed by atoms with Crippen LogP contribution < -0.4 is 0 Å². The van der Waals surface area contributed by atoms with Crippen LogP contribution in [0.2, 0.25) is 4.34 Å². The first-order chi connectivity index (χ1) is 14.6. The van der Waals surface area contributed by atoms with E-state index in [1.54, 1.807) is 16.2 Å². The first-order valence-electron chi connectivity index (χ1n) is 10.4. The van der Waals surface area contributed by atoms with E-state index in [1.165, 1.54) is 46.2 Å². The third-order valence-electron chi connectivity index (χ3n) is 5.50. The van der Waals surface area contributed by atoms with Gasteiger partial charge in [0.1, 0.15) is 0 Å². The number of benzene rings is 1. The predicted octanol–water partition coefficient (Wildman–Crippen LogP) is 5.92. The van der Waals surface area contributed by atoms with Crippen LogP contribution in [0, 0.1) is 0 Å². The lowest BCUT2D eigenvalue weighted by molar-refractivity contribution is -0.126. The Hall–Kier alpha value is -2.37. The molecule has 1 saturated carbocycles. The van der Waals surface area contributed by atoms with Crippen LogP contribution >= 0.6 is 22.9 Å². The number of carbonyl (C=O) groups excluding carboxylic acids is 1. The number of hydrogen-bond donors (Lipinski definition) is 0. The third kappa shape index (κ3) is 4.68. The zero-order valence-corrected chi connectivity index (χ0v) is 18.8. The molecule has 0 bridgehead atoms. The van der Waals surface area contributed by atoms with Gasteiger partial charge < -0.3 is 4.90 Å². The zero-order chi connectivity index (χ0) is 21.1. The number of fused-ring (bicyclic) bond motifs is 1. The summed E-state index contributed by atoms with van der Waals surface area (Å²) in [5.74, 6) is 0.711. The van der Waals surface area contributed by atoms with Crippen LogP contribution in [0.3, 0.4) is 0 Å². The molecular weight excluding hydrogens is 414 g/mol. The highest BCUT2D eigenvalue weighted by Gasteiger charge is 2.29. The first kappa shape index (κ1) is 20.9. The van der Waals surface area contributed by atoms with Gasteiger partial charge in [-0.1, -0.05) is 48.5 Å². The molecule has 3 aromatic rings. The van der Waals surface area contributed by atoms with Crippen molar-refractivity contribution >= 4 is 28.8 Å². The summed E-state index contributed by atoms with van der Waals surface area (Å²) in [6.07, 6.45) is 7.06. The molecule has 0 N–H and O–H groups in total. The Kier molecular flexibility index (Phi) is 6.40. The Labute approximate surface area is 186 Å². The van der Waals surface area contributed by atoms with Crippen LogP contribution in [-0.2, 0) is 24.3 Å². The molecule has 3 heterocycles. The summed E-state index contributed by atoms with van der Waals surface area (Å²) < 4.78 is 2.86. The van der Waals surface area contributed by atoms with Crippen LogP contribution in [0.4, 0.5) is 0 Å². The van der Waals surface area contributed by atoms with E-state index in [4.69, 9.17) is 11.6 Å². The van der Waals surface area contributed by atoms with Crippen molar-refractivity contribution in [1.82, 2.24) is 14.7 Å². The van der Waals surface area contributed by atoms with Crippen LogP contribution in [0.15, 0.2) is 55.3 Å². The summed E-state index contributed by atoms with van der Waals surface area (Å²) in [4.78, 5) is 14.4. The van der Waals surface area contributed by atoms with Gasteiger partial charge in [0.15, 0.2) is 0 Å². The van der Waals surface area contributed by atoms with Gasteiger partial charge in [0.25, 0.3) is 0 Å². The molecule has 2 aromatic heterocycles. The van der Waals surface area contributed by atoms with Crippen LogP contribution in [0.5, 0.6) is 0 Å². The lowest BCUT2D eigenvalue weighted by Gasteiger charge is -2.25. The molecule has 1 aliphatic carbocycles. The second-order valence-corrected chi connectivity index (χ2v) is 9.40. The van der Waals surface area contributed by atoms with Crippen molar-refractivity contribution in [2.45, 2.75) is 45.2 Å². The molecule has 4 nitrogen and oxygen atoms in total. The molecule has 0 spiro atoms. The summed E-state index contributed by atoms with van der Waals surface area (Å²) in [6.45, 7) is 8.02. The van der Waals surface area contributed by atoms with Crippen molar-refractivity contribution in [2.75, 3.05) is 6.54 Å². The Morgan fingerprint density at radius 2 is 2.10 bits per heavy atom. The highest BCUT2D eigenvalue weighted by Crippen LogP contribution is 2.43. The van der Waals surface area contributed by atoms with E-state index in [1.807, 2.05) is 6.07 Å². The number of halogens is 1. The fourth-order valence-corrected chi connectivity index (χ4v) is 5.06. The minimum atomic E-state index is 0.000160. The summed E-state index contributed by atoms with van der Waals surface area (Å²) in [5, 5.41) is 4.68. The van der Waals surface area contributed by atoms with Crippen molar-refractivity contribution in [3.8, 4) is 11.1 Å². The molecule has 30 heavy (non-hydrogen) atoms. The van der Waals surface area contributed by atoms with E-state index in [2.05, 4.69) is 59.8 Å². The molecular formula is C24H26ClN3OS. The van der Waals surface area contributed by atoms with E-state index in [0.29, 0.717) is 12.5 Å². The average molecular weight is 440 g/mol. The number of hydrogen-bond acceptors (Lipinski definition) is 3. The van der Waals surface area contributed by atoms with E-state index >= 15 is 0 Å². The van der Waals surface area contributed by atoms with Crippen molar-refractivity contribution < 1.29 is 4.79 Å². The molecule has 0 radical (unpaired) electrons. The molecule has 1 aliphatic heterocycles. The van der Waals surface area contributed by atoms with Gasteiger partial charge in [-0.25, -0.2) is 0 Å². The minimum absolute atomic E-state index is 0.000160. The standard InChI is InChI=1S/C14H16N2.C10H10ClNOS/c1-2-16-10-13(11-6-4-3-5-7-11)14(15-16)12-8-9-12;1-2-10(13)12-4-3-7-5-9(11)14-8(7)6-12/h3-7,10,12H,2,8-9H2,1H3;2,5H,1,3-4,6H2. The molecule has 0 unspecified atom stereocenters. The van der Waals surface area contributed by atoms with Gasteiger partial charge in [-0.15, -0.1) is 11.3 Å². The molecule has 0 atom stereocenters. The van der Waals surface area contributed by atoms with Crippen molar-refractivity contribution in [1.29, 1.82) is 0 Å². The predicted molar refractivity (Wildman–Crippen MR) is 124 cm³/mol. The number of carbonyl (C=O) groups is 1. The number of aryl methyl sites for hydroxylation is 1. The normalized spacial score (nSPS) is 15.2. The Bertz CT molecular complexity index is 1040. The SMILES string of the molecule is C=CC(=O)N1CCc2cc(Cl)sc2C1.CCn1cc(-c2ccccc2)c(C2CC2)n1. The lowest BCUT2D eigenvalue weighted by atomic mass is 10.0. The number of nitrogens with zero attached hydrogens (tertiary/aromatic N) is 3. The van der Waals surface area contributed by atoms with Crippen molar-refractivity contribution in [2.24, 2.45) is 0 Å². The Morgan fingerprint density at radius 1 is 1.33 bits per heavy atom. The largest absolute Gasteiger partial charge is 0.334 e. The maximum absolute atomic E-state index is 11.4. The summed E-state index contributed by atoms with van der Waals surface area (Å²) in [6, 6.07) is 12.6. The van der Waals surface area contributed by atoms with Gasteiger partial charge in [-0.2, -0.15) is 5.10 Å². The van der Waals surface area contributed by atoms with E-state index in [-0.39, 0.29) is 5.91 Å². The van der Waals surface area contributed by atoms with Gasteiger partial charge in [0.2, 0.25) is 5.91 Å². The zero-order valence-electron chi connectivity index (χ0n) is 17.2. The van der Waals surface area contributed by atoms with E-state index in [9.17, 15) is 4.79 Å². The second-order valence-electron chi connectivity index (χ2n) is 7.64. The number of aromatic nitrogens is 2. The third-order valence-corrected chi connectivity index (χ3v) is 6.79. The van der Waals surface area contributed by atoms with Gasteiger partial charge >= 0.3 is 0 Å². The Balaban J connectivity index is 0.000000147. The monoisotopic (exact) mass is 439 g/mol. The number of amides is 1. The average Bonchev–Trinajstić information content (AvgIpc) is 3.42. The minimum Gasteiger partial charge on any atom is -0.334 e. The fraction of sp³-hybridized carbons (Fsp3) is 0.333. The molecule has 1 aromatic carbocycles. The molecule has 1 amide bonds. The van der Waals surface area contributed by atoms with E-state index in [0.717, 1.165) is 23.8 Å². The van der Waals surface area contributed by atoms with Gasteiger partial charge in [-0.3, -0.25) is 9.48 Å². The topological polar surface area (TPSA) is 38.1 Å². The maximum atomic E-state index is 11.4.